The molecule has 98 valence electrons. The van der Waals surface area contributed by atoms with Crippen LogP contribution in [0.15, 0.2) is 12.1 Å². The summed E-state index contributed by atoms with van der Waals surface area (Å²) in [5, 5.41) is 0. The molecule has 1 N–H and O–H groups in total. The highest BCUT2D eigenvalue weighted by molar-refractivity contribution is 5.85. The van der Waals surface area contributed by atoms with Crippen LogP contribution in [-0.4, -0.2) is 23.7 Å². The molecule has 1 atom stereocenters. The SMILES string of the molecule is CCOc1ccc2[nH]c(C(C)CC)nc2c1OC. The van der Waals surface area contributed by atoms with E-state index in [1.54, 1.807) is 7.11 Å². The average Bonchev–Trinajstić information content (AvgIpc) is 2.82. The molecule has 18 heavy (non-hydrogen) atoms. The van der Waals surface area contributed by atoms with E-state index in [2.05, 4.69) is 23.8 Å². The van der Waals surface area contributed by atoms with Crippen molar-refractivity contribution in [3.05, 3.63) is 18.0 Å². The van der Waals surface area contributed by atoms with Gasteiger partial charge in [0.15, 0.2) is 11.5 Å². The summed E-state index contributed by atoms with van der Waals surface area (Å²) in [5.74, 6) is 2.87. The summed E-state index contributed by atoms with van der Waals surface area (Å²) in [6.45, 7) is 6.89. The van der Waals surface area contributed by atoms with E-state index in [0.717, 1.165) is 29.0 Å². The number of fused-ring (bicyclic) bond motifs is 1. The Morgan fingerprint density at radius 3 is 2.72 bits per heavy atom. The zero-order valence-electron chi connectivity index (χ0n) is 11.4. The van der Waals surface area contributed by atoms with E-state index in [4.69, 9.17) is 9.47 Å². The molecule has 1 aromatic heterocycles. The Hall–Kier alpha value is -1.71. The molecule has 1 heterocycles. The molecule has 0 aliphatic carbocycles. The molecule has 0 radical (unpaired) electrons. The number of ether oxygens (including phenoxy) is 2. The van der Waals surface area contributed by atoms with Crippen molar-refractivity contribution in [2.45, 2.75) is 33.1 Å². The molecular formula is C14H20N2O2. The standard InChI is InChI=1S/C14H20N2O2/c1-5-9(3)14-15-10-7-8-11(18-6-2)13(17-4)12(10)16-14/h7-9H,5-6H2,1-4H3,(H,15,16). The van der Waals surface area contributed by atoms with Gasteiger partial charge in [-0.05, 0) is 25.5 Å². The Morgan fingerprint density at radius 1 is 1.33 bits per heavy atom. The van der Waals surface area contributed by atoms with E-state index in [1.165, 1.54) is 0 Å². The molecule has 0 saturated heterocycles. The lowest BCUT2D eigenvalue weighted by atomic mass is 10.1. The van der Waals surface area contributed by atoms with Crippen molar-refractivity contribution in [1.82, 2.24) is 9.97 Å². The van der Waals surface area contributed by atoms with Gasteiger partial charge in [-0.15, -0.1) is 0 Å². The summed E-state index contributed by atoms with van der Waals surface area (Å²) in [6, 6.07) is 3.91. The third-order valence-corrected chi connectivity index (χ3v) is 3.17. The van der Waals surface area contributed by atoms with E-state index < -0.39 is 0 Å². The van der Waals surface area contributed by atoms with E-state index in [-0.39, 0.29) is 0 Å². The fourth-order valence-electron chi connectivity index (χ4n) is 1.94. The predicted molar refractivity (Wildman–Crippen MR) is 72.5 cm³/mol. The third kappa shape index (κ3) is 2.15. The summed E-state index contributed by atoms with van der Waals surface area (Å²) in [6.07, 6.45) is 1.06. The van der Waals surface area contributed by atoms with Crippen molar-refractivity contribution in [2.75, 3.05) is 13.7 Å². The molecule has 0 fully saturated rings. The lowest BCUT2D eigenvalue weighted by molar-refractivity contribution is 0.313. The molecule has 2 aromatic rings. The molecular weight excluding hydrogens is 228 g/mol. The lowest BCUT2D eigenvalue weighted by Gasteiger charge is -2.08. The highest BCUT2D eigenvalue weighted by atomic mass is 16.5. The van der Waals surface area contributed by atoms with Gasteiger partial charge in [0, 0.05) is 5.92 Å². The van der Waals surface area contributed by atoms with Gasteiger partial charge in [0.1, 0.15) is 11.3 Å². The number of nitrogens with zero attached hydrogens (tertiary/aromatic N) is 1. The van der Waals surface area contributed by atoms with Gasteiger partial charge in [-0.25, -0.2) is 4.98 Å². The molecule has 2 rings (SSSR count). The smallest absolute Gasteiger partial charge is 0.188 e. The predicted octanol–water partition coefficient (Wildman–Crippen LogP) is 3.48. The maximum absolute atomic E-state index is 5.55. The summed E-state index contributed by atoms with van der Waals surface area (Å²) >= 11 is 0. The first-order chi connectivity index (χ1) is 8.71. The van der Waals surface area contributed by atoms with Gasteiger partial charge in [0.25, 0.3) is 0 Å². The molecule has 0 bridgehead atoms. The molecule has 4 nitrogen and oxygen atoms in total. The summed E-state index contributed by atoms with van der Waals surface area (Å²) in [7, 11) is 1.65. The number of rotatable bonds is 5. The van der Waals surface area contributed by atoms with E-state index >= 15 is 0 Å². The Balaban J connectivity index is 2.54. The van der Waals surface area contributed by atoms with E-state index in [9.17, 15) is 0 Å². The molecule has 4 heteroatoms. The summed E-state index contributed by atoms with van der Waals surface area (Å²) in [4.78, 5) is 7.98. The average molecular weight is 248 g/mol. The number of H-pyrrole nitrogens is 1. The molecule has 0 aliphatic heterocycles. The van der Waals surface area contributed by atoms with E-state index in [0.29, 0.717) is 18.3 Å². The quantitative estimate of drug-likeness (QED) is 0.881. The number of hydrogen-bond donors (Lipinski definition) is 1. The van der Waals surface area contributed by atoms with Crippen LogP contribution in [0.3, 0.4) is 0 Å². The first kappa shape index (κ1) is 12.7. The fraction of sp³-hybridized carbons (Fsp3) is 0.500. The number of aromatic amines is 1. The molecule has 0 amide bonds. The maximum atomic E-state index is 5.55. The van der Waals surface area contributed by atoms with Gasteiger partial charge < -0.3 is 14.5 Å². The molecule has 1 unspecified atom stereocenters. The van der Waals surface area contributed by atoms with Gasteiger partial charge in [-0.1, -0.05) is 13.8 Å². The van der Waals surface area contributed by atoms with Crippen LogP contribution in [0.2, 0.25) is 0 Å². The minimum Gasteiger partial charge on any atom is -0.491 e. The summed E-state index contributed by atoms with van der Waals surface area (Å²) < 4.78 is 11.0. The van der Waals surface area contributed by atoms with Crippen molar-refractivity contribution in [3.8, 4) is 11.5 Å². The van der Waals surface area contributed by atoms with Crippen LogP contribution in [-0.2, 0) is 0 Å². The molecule has 0 saturated carbocycles. The van der Waals surface area contributed by atoms with Crippen molar-refractivity contribution >= 4 is 11.0 Å². The van der Waals surface area contributed by atoms with Crippen molar-refractivity contribution in [3.63, 3.8) is 0 Å². The maximum Gasteiger partial charge on any atom is 0.188 e. The van der Waals surface area contributed by atoms with Crippen LogP contribution in [0.1, 0.15) is 38.9 Å². The highest BCUT2D eigenvalue weighted by Gasteiger charge is 2.15. The second-order valence-electron chi connectivity index (χ2n) is 4.36. The third-order valence-electron chi connectivity index (χ3n) is 3.17. The largest absolute Gasteiger partial charge is 0.491 e. The Morgan fingerprint density at radius 2 is 2.11 bits per heavy atom. The van der Waals surface area contributed by atoms with Crippen LogP contribution in [0, 0.1) is 0 Å². The minimum atomic E-state index is 0.414. The Bertz CT molecular complexity index is 534. The first-order valence-electron chi connectivity index (χ1n) is 6.40. The minimum absolute atomic E-state index is 0.414. The number of nitrogens with one attached hydrogen (secondary N) is 1. The van der Waals surface area contributed by atoms with Gasteiger partial charge in [-0.3, -0.25) is 0 Å². The zero-order chi connectivity index (χ0) is 13.1. The molecule has 1 aromatic carbocycles. The van der Waals surface area contributed by atoms with Crippen LogP contribution < -0.4 is 9.47 Å². The van der Waals surface area contributed by atoms with Crippen molar-refractivity contribution in [1.29, 1.82) is 0 Å². The van der Waals surface area contributed by atoms with Gasteiger partial charge in [0.2, 0.25) is 0 Å². The van der Waals surface area contributed by atoms with Crippen LogP contribution in [0.5, 0.6) is 11.5 Å². The molecule has 0 spiro atoms. The lowest BCUT2D eigenvalue weighted by Crippen LogP contribution is -1.96. The summed E-state index contributed by atoms with van der Waals surface area (Å²) in [5.41, 5.74) is 1.84. The number of hydrogen-bond acceptors (Lipinski definition) is 3. The van der Waals surface area contributed by atoms with Crippen molar-refractivity contribution < 1.29 is 9.47 Å². The Kier molecular flexibility index (Phi) is 3.75. The van der Waals surface area contributed by atoms with Crippen LogP contribution in [0.4, 0.5) is 0 Å². The number of benzene rings is 1. The van der Waals surface area contributed by atoms with Crippen molar-refractivity contribution in [2.24, 2.45) is 0 Å². The van der Waals surface area contributed by atoms with Gasteiger partial charge in [-0.2, -0.15) is 0 Å². The normalized spacial score (nSPS) is 12.7. The van der Waals surface area contributed by atoms with Gasteiger partial charge in [0.05, 0.1) is 19.2 Å². The second-order valence-corrected chi connectivity index (χ2v) is 4.36. The number of imidazole rings is 1. The van der Waals surface area contributed by atoms with E-state index in [1.807, 2.05) is 19.1 Å². The first-order valence-corrected chi connectivity index (χ1v) is 6.40. The second kappa shape index (κ2) is 5.29. The number of aromatic nitrogens is 2. The molecule has 0 aliphatic rings. The topological polar surface area (TPSA) is 47.1 Å². The van der Waals surface area contributed by atoms with Crippen LogP contribution in [0.25, 0.3) is 11.0 Å². The Labute approximate surface area is 107 Å². The number of methoxy groups -OCH3 is 1. The zero-order valence-corrected chi connectivity index (χ0v) is 11.4. The highest BCUT2D eigenvalue weighted by Crippen LogP contribution is 2.35. The van der Waals surface area contributed by atoms with Gasteiger partial charge >= 0.3 is 0 Å². The fourth-order valence-corrected chi connectivity index (χ4v) is 1.94. The monoisotopic (exact) mass is 248 g/mol. The van der Waals surface area contributed by atoms with Crippen LogP contribution >= 0.6 is 0 Å².